The Bertz CT molecular complexity index is 486. The third kappa shape index (κ3) is 1.72. The van der Waals surface area contributed by atoms with Crippen molar-refractivity contribution in [1.29, 1.82) is 0 Å². The van der Waals surface area contributed by atoms with Crippen LogP contribution in [0.15, 0.2) is 0 Å². The molecule has 0 aromatic rings. The topological polar surface area (TPSA) is 36.9 Å². The van der Waals surface area contributed by atoms with Gasteiger partial charge in [-0.1, -0.05) is 19.8 Å². The highest BCUT2D eigenvalue weighted by Crippen LogP contribution is 2.60. The van der Waals surface area contributed by atoms with Gasteiger partial charge in [0.2, 0.25) is 5.79 Å². The first-order chi connectivity index (χ1) is 10.00. The largest absolute Gasteiger partial charge is 0.333 e. The minimum atomic E-state index is -0.711. The zero-order chi connectivity index (χ0) is 14.8. The Balaban J connectivity index is 1.82. The molecule has 8 atom stereocenters. The second-order valence-electron chi connectivity index (χ2n) is 7.49. The molecule has 0 unspecified atom stereocenters. The lowest BCUT2D eigenvalue weighted by Crippen LogP contribution is -2.70. The van der Waals surface area contributed by atoms with Crippen LogP contribution in [0.1, 0.15) is 46.5 Å². The molecule has 5 fully saturated rings. The fourth-order valence-electron chi connectivity index (χ4n) is 5.10. The van der Waals surface area contributed by atoms with E-state index in [1.54, 1.807) is 0 Å². The molecule has 0 N–H and O–H groups in total. The highest BCUT2D eigenvalue weighted by Gasteiger charge is 2.69. The summed E-state index contributed by atoms with van der Waals surface area (Å²) in [6.45, 7) is 6.42. The van der Waals surface area contributed by atoms with E-state index in [1.807, 2.05) is 6.92 Å². The molecule has 0 radical (unpaired) electrons. The van der Waals surface area contributed by atoms with Gasteiger partial charge in [0, 0.05) is 12.3 Å². The lowest BCUT2D eigenvalue weighted by Gasteiger charge is -2.59. The van der Waals surface area contributed by atoms with Gasteiger partial charge in [-0.3, -0.25) is 0 Å². The third-order valence-electron chi connectivity index (χ3n) is 6.32. The van der Waals surface area contributed by atoms with Crippen molar-refractivity contribution in [3.63, 3.8) is 0 Å². The van der Waals surface area contributed by atoms with Crippen molar-refractivity contribution in [2.75, 3.05) is 0 Å². The maximum absolute atomic E-state index is 6.19. The van der Waals surface area contributed by atoms with Crippen LogP contribution in [0.2, 0.25) is 0 Å². The van der Waals surface area contributed by atoms with Crippen LogP contribution in [0.25, 0.3) is 0 Å². The van der Waals surface area contributed by atoms with E-state index in [4.69, 9.17) is 25.7 Å². The summed E-state index contributed by atoms with van der Waals surface area (Å²) >= 11 is 0. The van der Waals surface area contributed by atoms with Crippen molar-refractivity contribution in [3.05, 3.63) is 0 Å². The van der Waals surface area contributed by atoms with E-state index in [9.17, 15) is 0 Å². The lowest BCUT2D eigenvalue weighted by molar-refractivity contribution is -0.569. The molecule has 5 rings (SSSR count). The SMILES string of the molecule is C#C[C@H]1O[C@@H]2O[C@@]3(C)CC[C@H]4[C@H](C)CC[C@@H]([C@H]1C)[C@@]24OO3. The molecule has 0 amide bonds. The predicted molar refractivity (Wildman–Crippen MR) is 75.7 cm³/mol. The van der Waals surface area contributed by atoms with Crippen LogP contribution in [0.3, 0.4) is 0 Å². The molecule has 4 nitrogen and oxygen atoms in total. The Kier molecular flexibility index (Phi) is 2.97. The van der Waals surface area contributed by atoms with Gasteiger partial charge in [0.05, 0.1) is 0 Å². The molecule has 4 heteroatoms. The van der Waals surface area contributed by atoms with Crippen molar-refractivity contribution < 1.29 is 19.2 Å². The van der Waals surface area contributed by atoms with Crippen LogP contribution in [-0.4, -0.2) is 23.8 Å². The number of ether oxygens (including phenoxy) is 2. The molecule has 1 spiro atoms. The van der Waals surface area contributed by atoms with Gasteiger partial charge in [-0.15, -0.1) is 6.42 Å². The Morgan fingerprint density at radius 2 is 1.90 bits per heavy atom. The molecule has 2 bridgehead atoms. The van der Waals surface area contributed by atoms with Gasteiger partial charge in [0.1, 0.15) is 6.10 Å². The monoisotopic (exact) mass is 292 g/mol. The average molecular weight is 292 g/mol. The molecule has 1 saturated carbocycles. The summed E-state index contributed by atoms with van der Waals surface area (Å²) in [5.74, 6) is 3.68. The first-order valence-electron chi connectivity index (χ1n) is 8.16. The van der Waals surface area contributed by atoms with E-state index >= 15 is 0 Å². The van der Waals surface area contributed by atoms with Gasteiger partial charge in [-0.25, -0.2) is 9.78 Å². The average Bonchev–Trinajstić information content (AvgIpc) is 2.69. The molecular formula is C17H24O4. The molecule has 0 aromatic carbocycles. The summed E-state index contributed by atoms with van der Waals surface area (Å²) in [6, 6.07) is 0. The molecular weight excluding hydrogens is 268 g/mol. The van der Waals surface area contributed by atoms with Gasteiger partial charge in [0.25, 0.3) is 0 Å². The Labute approximate surface area is 126 Å². The van der Waals surface area contributed by atoms with Gasteiger partial charge >= 0.3 is 0 Å². The van der Waals surface area contributed by atoms with Crippen molar-refractivity contribution >= 4 is 0 Å². The van der Waals surface area contributed by atoms with Crippen molar-refractivity contribution in [3.8, 4) is 12.3 Å². The van der Waals surface area contributed by atoms with E-state index < -0.39 is 17.7 Å². The highest BCUT2D eigenvalue weighted by atomic mass is 17.3. The molecule has 116 valence electrons. The van der Waals surface area contributed by atoms with Crippen LogP contribution in [-0.2, 0) is 19.2 Å². The van der Waals surface area contributed by atoms with Gasteiger partial charge < -0.3 is 9.47 Å². The fraction of sp³-hybridized carbons (Fsp3) is 0.882. The summed E-state index contributed by atoms with van der Waals surface area (Å²) < 4.78 is 12.3. The molecule has 0 aromatic heterocycles. The lowest BCUT2D eigenvalue weighted by atomic mass is 9.57. The summed E-state index contributed by atoms with van der Waals surface area (Å²) in [5.41, 5.74) is -0.486. The second-order valence-corrected chi connectivity index (χ2v) is 7.49. The molecule has 4 saturated heterocycles. The molecule has 1 aliphatic carbocycles. The predicted octanol–water partition coefficient (Wildman–Crippen LogP) is 2.87. The molecule has 21 heavy (non-hydrogen) atoms. The normalized spacial score (nSPS) is 59.0. The smallest absolute Gasteiger partial charge is 0.201 e. The minimum absolute atomic E-state index is 0.203. The highest BCUT2D eigenvalue weighted by molar-refractivity contribution is 5.13. The maximum atomic E-state index is 6.19. The quantitative estimate of drug-likeness (QED) is 0.508. The van der Waals surface area contributed by atoms with Crippen LogP contribution >= 0.6 is 0 Å². The number of terminal acetylenes is 1. The van der Waals surface area contributed by atoms with Gasteiger partial charge in [-0.2, -0.15) is 0 Å². The van der Waals surface area contributed by atoms with Crippen molar-refractivity contribution in [1.82, 2.24) is 0 Å². The molecule has 4 heterocycles. The Morgan fingerprint density at radius 3 is 2.67 bits per heavy atom. The molecule has 4 aliphatic heterocycles. The summed E-state index contributed by atoms with van der Waals surface area (Å²) in [7, 11) is 0. The van der Waals surface area contributed by atoms with E-state index in [0.29, 0.717) is 17.8 Å². The first kappa shape index (κ1) is 14.0. The van der Waals surface area contributed by atoms with Crippen molar-refractivity contribution in [2.24, 2.45) is 23.7 Å². The zero-order valence-electron chi connectivity index (χ0n) is 13.0. The van der Waals surface area contributed by atoms with Crippen LogP contribution in [0.5, 0.6) is 0 Å². The summed E-state index contributed by atoms with van der Waals surface area (Å²) in [5, 5.41) is 0. The van der Waals surface area contributed by atoms with Gasteiger partial charge in [-0.05, 0) is 43.9 Å². The van der Waals surface area contributed by atoms with E-state index in [1.165, 1.54) is 6.42 Å². The van der Waals surface area contributed by atoms with Crippen LogP contribution in [0, 0.1) is 36.0 Å². The van der Waals surface area contributed by atoms with E-state index in [2.05, 4.69) is 19.8 Å². The second kappa shape index (κ2) is 4.45. The number of hydrogen-bond donors (Lipinski definition) is 0. The minimum Gasteiger partial charge on any atom is -0.333 e. The summed E-state index contributed by atoms with van der Waals surface area (Å²) in [6.07, 6.45) is 9.27. The maximum Gasteiger partial charge on any atom is 0.201 e. The Hall–Kier alpha value is -0.600. The number of hydrogen-bond acceptors (Lipinski definition) is 4. The Morgan fingerprint density at radius 1 is 1.10 bits per heavy atom. The standard InChI is InChI=1S/C17H24O4/c1-5-14-11(3)13-7-6-10(2)12-8-9-16(4)19-15(18-14)17(12,13)21-20-16/h1,10-15H,6-9H2,2-4H3/t10-,11-,12+,13+,14-,15-,16-,17-/m1/s1. The number of fused-ring (bicyclic) bond motifs is 2. The fourth-order valence-corrected chi connectivity index (χ4v) is 5.10. The third-order valence-corrected chi connectivity index (χ3v) is 6.32. The van der Waals surface area contributed by atoms with Crippen molar-refractivity contribution in [2.45, 2.75) is 70.2 Å². The first-order valence-corrected chi connectivity index (χ1v) is 8.16. The van der Waals surface area contributed by atoms with E-state index in [0.717, 1.165) is 19.3 Å². The molecule has 5 aliphatic rings. The van der Waals surface area contributed by atoms with Gasteiger partial charge in [0.15, 0.2) is 11.9 Å². The van der Waals surface area contributed by atoms with Crippen LogP contribution < -0.4 is 0 Å². The van der Waals surface area contributed by atoms with Crippen LogP contribution in [0.4, 0.5) is 0 Å². The summed E-state index contributed by atoms with van der Waals surface area (Å²) in [4.78, 5) is 11.8. The van der Waals surface area contributed by atoms with E-state index in [-0.39, 0.29) is 12.0 Å². The number of rotatable bonds is 0. The zero-order valence-corrected chi connectivity index (χ0v) is 13.0.